The second-order valence-electron chi connectivity index (χ2n) is 5.35. The third-order valence-corrected chi connectivity index (χ3v) is 3.58. The van der Waals surface area contributed by atoms with Crippen molar-refractivity contribution in [2.24, 2.45) is 0 Å². The molecule has 0 heterocycles. The minimum Gasteiger partial charge on any atom is -0.494 e. The SMILES string of the molecule is CCCOc1ccc(C(=O)NC(=S)Nc2ccc(C(=O)OC)cc2)cc1. The number of carbonyl (C=O) groups excluding carboxylic acids is 2. The summed E-state index contributed by atoms with van der Waals surface area (Å²) in [7, 11) is 1.32. The van der Waals surface area contributed by atoms with E-state index < -0.39 is 5.97 Å². The molecular weight excluding hydrogens is 352 g/mol. The number of amides is 1. The molecule has 0 atom stereocenters. The van der Waals surface area contributed by atoms with Crippen molar-refractivity contribution in [3.63, 3.8) is 0 Å². The highest BCUT2D eigenvalue weighted by Crippen LogP contribution is 2.13. The molecule has 0 unspecified atom stereocenters. The lowest BCUT2D eigenvalue weighted by Crippen LogP contribution is -2.34. The van der Waals surface area contributed by atoms with Crippen molar-refractivity contribution in [2.75, 3.05) is 19.0 Å². The first-order valence-corrected chi connectivity index (χ1v) is 8.48. The van der Waals surface area contributed by atoms with Gasteiger partial charge < -0.3 is 14.8 Å². The lowest BCUT2D eigenvalue weighted by molar-refractivity contribution is 0.0600. The van der Waals surface area contributed by atoms with Gasteiger partial charge >= 0.3 is 5.97 Å². The number of hydrogen-bond donors (Lipinski definition) is 2. The Kier molecular flexibility index (Phi) is 7.11. The molecule has 0 saturated carbocycles. The normalized spacial score (nSPS) is 9.92. The van der Waals surface area contributed by atoms with Gasteiger partial charge in [-0.05, 0) is 67.2 Å². The quantitative estimate of drug-likeness (QED) is 0.598. The van der Waals surface area contributed by atoms with Crippen LogP contribution in [0.5, 0.6) is 5.75 Å². The number of carbonyl (C=O) groups is 2. The molecule has 2 N–H and O–H groups in total. The van der Waals surface area contributed by atoms with E-state index in [2.05, 4.69) is 15.4 Å². The lowest BCUT2D eigenvalue weighted by atomic mass is 10.2. The van der Waals surface area contributed by atoms with Crippen LogP contribution in [-0.4, -0.2) is 30.7 Å². The summed E-state index contributed by atoms with van der Waals surface area (Å²) in [6, 6.07) is 13.4. The van der Waals surface area contributed by atoms with Crippen LogP contribution in [0.3, 0.4) is 0 Å². The molecule has 6 nitrogen and oxygen atoms in total. The van der Waals surface area contributed by atoms with Crippen LogP contribution >= 0.6 is 12.2 Å². The standard InChI is InChI=1S/C19H20N2O4S/c1-3-12-25-16-10-6-13(7-11-16)17(22)21-19(26)20-15-8-4-14(5-9-15)18(23)24-2/h4-11H,3,12H2,1-2H3,(H2,20,21,22,26). The second-order valence-corrected chi connectivity index (χ2v) is 5.76. The molecule has 0 spiro atoms. The molecule has 0 aromatic heterocycles. The molecule has 7 heteroatoms. The Hall–Kier alpha value is -2.93. The van der Waals surface area contributed by atoms with E-state index in [1.165, 1.54) is 7.11 Å². The van der Waals surface area contributed by atoms with Gasteiger partial charge in [0, 0.05) is 11.3 Å². The van der Waals surface area contributed by atoms with Gasteiger partial charge in [0.2, 0.25) is 0 Å². The molecular formula is C19H20N2O4S. The minimum absolute atomic E-state index is 0.159. The van der Waals surface area contributed by atoms with Crippen molar-refractivity contribution in [3.8, 4) is 5.75 Å². The first-order valence-electron chi connectivity index (χ1n) is 8.07. The molecule has 1 amide bonds. The van der Waals surface area contributed by atoms with Gasteiger partial charge in [0.15, 0.2) is 5.11 Å². The highest BCUT2D eigenvalue weighted by Gasteiger charge is 2.09. The Balaban J connectivity index is 1.90. The Morgan fingerprint density at radius 2 is 1.62 bits per heavy atom. The van der Waals surface area contributed by atoms with E-state index >= 15 is 0 Å². The molecule has 0 fully saturated rings. The summed E-state index contributed by atoms with van der Waals surface area (Å²) in [6.07, 6.45) is 0.919. The van der Waals surface area contributed by atoms with Gasteiger partial charge in [-0.25, -0.2) is 4.79 Å². The third-order valence-electron chi connectivity index (χ3n) is 3.38. The number of hydrogen-bond acceptors (Lipinski definition) is 5. The molecule has 0 aliphatic rings. The van der Waals surface area contributed by atoms with Crippen LogP contribution in [0.4, 0.5) is 5.69 Å². The number of methoxy groups -OCH3 is 1. The average molecular weight is 372 g/mol. The maximum atomic E-state index is 12.2. The van der Waals surface area contributed by atoms with Crippen LogP contribution in [0.15, 0.2) is 48.5 Å². The summed E-state index contributed by atoms with van der Waals surface area (Å²) >= 11 is 5.14. The number of rotatable bonds is 6. The summed E-state index contributed by atoms with van der Waals surface area (Å²) in [6.45, 7) is 2.66. The zero-order chi connectivity index (χ0) is 18.9. The smallest absolute Gasteiger partial charge is 0.337 e. The lowest BCUT2D eigenvalue weighted by Gasteiger charge is -2.10. The van der Waals surface area contributed by atoms with E-state index in [-0.39, 0.29) is 11.0 Å². The Labute approximate surface area is 157 Å². The van der Waals surface area contributed by atoms with E-state index in [4.69, 9.17) is 17.0 Å². The zero-order valence-electron chi connectivity index (χ0n) is 14.6. The summed E-state index contributed by atoms with van der Waals surface area (Å²) in [5.74, 6) is -0.0238. The van der Waals surface area contributed by atoms with Crippen molar-refractivity contribution < 1.29 is 19.1 Å². The fourth-order valence-electron chi connectivity index (χ4n) is 2.07. The van der Waals surface area contributed by atoms with Crippen LogP contribution in [0, 0.1) is 0 Å². The molecule has 136 valence electrons. The van der Waals surface area contributed by atoms with Gasteiger partial charge in [-0.3, -0.25) is 10.1 Å². The number of anilines is 1. The Morgan fingerprint density at radius 3 is 2.19 bits per heavy atom. The van der Waals surface area contributed by atoms with E-state index in [9.17, 15) is 9.59 Å². The van der Waals surface area contributed by atoms with Crippen molar-refractivity contribution in [1.29, 1.82) is 0 Å². The fraction of sp³-hybridized carbons (Fsp3) is 0.211. The largest absolute Gasteiger partial charge is 0.494 e. The molecule has 2 aromatic carbocycles. The van der Waals surface area contributed by atoms with Gasteiger partial charge in [-0.2, -0.15) is 0 Å². The van der Waals surface area contributed by atoms with Gasteiger partial charge in [0.25, 0.3) is 5.91 Å². The number of esters is 1. The summed E-state index contributed by atoms with van der Waals surface area (Å²) in [5.41, 5.74) is 1.55. The minimum atomic E-state index is -0.418. The monoisotopic (exact) mass is 372 g/mol. The number of thiocarbonyl (C=S) groups is 1. The molecule has 0 saturated heterocycles. The number of benzene rings is 2. The van der Waals surface area contributed by atoms with Crippen molar-refractivity contribution in [1.82, 2.24) is 5.32 Å². The molecule has 26 heavy (non-hydrogen) atoms. The van der Waals surface area contributed by atoms with Crippen molar-refractivity contribution in [2.45, 2.75) is 13.3 Å². The third kappa shape index (κ3) is 5.56. The van der Waals surface area contributed by atoms with Crippen LogP contribution in [0.1, 0.15) is 34.1 Å². The van der Waals surface area contributed by atoms with Gasteiger partial charge in [-0.1, -0.05) is 6.92 Å². The van der Waals surface area contributed by atoms with Gasteiger partial charge in [0.05, 0.1) is 19.3 Å². The molecule has 0 aliphatic carbocycles. The predicted molar refractivity (Wildman–Crippen MR) is 104 cm³/mol. The highest BCUT2D eigenvalue weighted by atomic mass is 32.1. The van der Waals surface area contributed by atoms with Crippen LogP contribution in [0.2, 0.25) is 0 Å². The van der Waals surface area contributed by atoms with E-state index in [0.29, 0.717) is 23.4 Å². The summed E-state index contributed by atoms with van der Waals surface area (Å²) in [4.78, 5) is 23.6. The maximum absolute atomic E-state index is 12.2. The fourth-order valence-corrected chi connectivity index (χ4v) is 2.28. The van der Waals surface area contributed by atoms with Crippen molar-refractivity contribution >= 4 is 34.9 Å². The van der Waals surface area contributed by atoms with E-state index in [1.807, 2.05) is 6.92 Å². The van der Waals surface area contributed by atoms with Crippen molar-refractivity contribution in [3.05, 3.63) is 59.7 Å². The van der Waals surface area contributed by atoms with Gasteiger partial charge in [0.1, 0.15) is 5.75 Å². The summed E-state index contributed by atoms with van der Waals surface area (Å²) in [5, 5.41) is 5.65. The number of nitrogens with one attached hydrogen (secondary N) is 2. The molecule has 0 bridgehead atoms. The van der Waals surface area contributed by atoms with E-state index in [1.54, 1.807) is 48.5 Å². The Morgan fingerprint density at radius 1 is 1.00 bits per heavy atom. The number of ether oxygens (including phenoxy) is 2. The molecule has 2 rings (SSSR count). The van der Waals surface area contributed by atoms with Crippen LogP contribution < -0.4 is 15.4 Å². The Bertz CT molecular complexity index is 773. The maximum Gasteiger partial charge on any atom is 0.337 e. The molecule has 2 aromatic rings. The zero-order valence-corrected chi connectivity index (χ0v) is 15.4. The first kappa shape index (κ1) is 19.4. The second kappa shape index (κ2) is 9.53. The highest BCUT2D eigenvalue weighted by molar-refractivity contribution is 7.80. The average Bonchev–Trinajstić information content (AvgIpc) is 2.66. The van der Waals surface area contributed by atoms with Gasteiger partial charge in [-0.15, -0.1) is 0 Å². The predicted octanol–water partition coefficient (Wildman–Crippen LogP) is 3.39. The van der Waals surface area contributed by atoms with Crippen LogP contribution in [0.25, 0.3) is 0 Å². The topological polar surface area (TPSA) is 76.7 Å². The van der Waals surface area contributed by atoms with Crippen LogP contribution in [-0.2, 0) is 4.74 Å². The first-order chi connectivity index (χ1) is 12.5. The van der Waals surface area contributed by atoms with E-state index in [0.717, 1.165) is 12.2 Å². The summed E-state index contributed by atoms with van der Waals surface area (Å²) < 4.78 is 10.1. The molecule has 0 aliphatic heterocycles. The molecule has 0 radical (unpaired) electrons.